The van der Waals surface area contributed by atoms with Crippen LogP contribution in [0.3, 0.4) is 0 Å². The van der Waals surface area contributed by atoms with E-state index in [1.54, 1.807) is 0 Å². The van der Waals surface area contributed by atoms with Gasteiger partial charge in [0.15, 0.2) is 5.65 Å². The highest BCUT2D eigenvalue weighted by Gasteiger charge is 2.28. The zero-order valence-corrected chi connectivity index (χ0v) is 19.3. The van der Waals surface area contributed by atoms with Gasteiger partial charge in [0.05, 0.1) is 17.6 Å². The van der Waals surface area contributed by atoms with E-state index in [1.165, 1.54) is 28.1 Å². The quantitative estimate of drug-likeness (QED) is 0.474. The molecule has 1 aliphatic rings. The van der Waals surface area contributed by atoms with Gasteiger partial charge < -0.3 is 9.74 Å². The Morgan fingerprint density at radius 3 is 2.45 bits per heavy atom. The van der Waals surface area contributed by atoms with Crippen LogP contribution in [0.15, 0.2) is 16.6 Å². The molecule has 29 heavy (non-hydrogen) atoms. The highest BCUT2D eigenvalue weighted by atomic mass is 79.9. The summed E-state index contributed by atoms with van der Waals surface area (Å²) in [5.74, 6) is 1.75. The number of anilines is 1. The van der Waals surface area contributed by atoms with Crippen LogP contribution in [0.2, 0.25) is 0 Å². The summed E-state index contributed by atoms with van der Waals surface area (Å²) in [7, 11) is 0. The van der Waals surface area contributed by atoms with Crippen molar-refractivity contribution < 1.29 is 0 Å². The van der Waals surface area contributed by atoms with E-state index >= 15 is 0 Å². The number of nitrogens with zero attached hydrogens (tertiary/aromatic N) is 5. The lowest BCUT2D eigenvalue weighted by Gasteiger charge is -2.29. The summed E-state index contributed by atoms with van der Waals surface area (Å²) in [5, 5.41) is 1.11. The van der Waals surface area contributed by atoms with Gasteiger partial charge in [0, 0.05) is 23.1 Å². The van der Waals surface area contributed by atoms with E-state index in [4.69, 9.17) is 16.5 Å². The van der Waals surface area contributed by atoms with Gasteiger partial charge in [0.25, 0.3) is 0 Å². The maximum atomic E-state index is 7.47. The molecule has 6 heteroatoms. The lowest BCUT2D eigenvalue weighted by molar-refractivity contribution is 0.547. The van der Waals surface area contributed by atoms with Gasteiger partial charge in [0.2, 0.25) is 6.04 Å². The molecule has 0 N–H and O–H groups in total. The maximum Gasteiger partial charge on any atom is 0.241 e. The van der Waals surface area contributed by atoms with Crippen molar-refractivity contribution >= 4 is 32.8 Å². The zero-order valence-electron chi connectivity index (χ0n) is 17.7. The predicted octanol–water partition coefficient (Wildman–Crippen LogP) is 5.61. The van der Waals surface area contributed by atoms with Crippen molar-refractivity contribution in [2.45, 2.75) is 53.5 Å². The number of aromatic nitrogens is 3. The van der Waals surface area contributed by atoms with E-state index in [9.17, 15) is 0 Å². The van der Waals surface area contributed by atoms with E-state index in [0.29, 0.717) is 0 Å². The molecule has 0 aliphatic carbocycles. The zero-order chi connectivity index (χ0) is 20.9. The number of aryl methyl sites for hydroxylation is 4. The molecule has 0 saturated carbocycles. The van der Waals surface area contributed by atoms with Crippen LogP contribution < -0.4 is 4.90 Å². The number of rotatable bonds is 2. The average Bonchev–Trinajstić information content (AvgIpc) is 2.91. The molecule has 0 radical (unpaired) electrons. The Kier molecular flexibility index (Phi) is 5.12. The molecule has 0 amide bonds. The van der Waals surface area contributed by atoms with Crippen LogP contribution in [-0.2, 0) is 0 Å². The number of benzene rings is 1. The normalized spacial score (nSPS) is 17.0. The van der Waals surface area contributed by atoms with Gasteiger partial charge in [-0.2, -0.15) is 0 Å². The molecule has 150 valence electrons. The molecule has 3 aromatic rings. The van der Waals surface area contributed by atoms with Crippen LogP contribution in [0.1, 0.15) is 41.1 Å². The first-order valence-electron chi connectivity index (χ1n) is 10.1. The largest absolute Gasteiger partial charge is 0.348 e. The maximum absolute atomic E-state index is 7.47. The summed E-state index contributed by atoms with van der Waals surface area (Å²) in [6.07, 6.45) is 2.00. The van der Waals surface area contributed by atoms with Crippen LogP contribution in [0.5, 0.6) is 0 Å². The number of fused-ring (bicyclic) bond motifs is 1. The molecule has 0 bridgehead atoms. The number of hydrogen-bond donors (Lipinski definition) is 0. The Morgan fingerprint density at radius 1 is 1.10 bits per heavy atom. The fraction of sp³-hybridized carbons (Fsp3) is 0.435. The van der Waals surface area contributed by atoms with Crippen molar-refractivity contribution in [3.63, 3.8) is 0 Å². The van der Waals surface area contributed by atoms with Gasteiger partial charge in [-0.25, -0.2) is 16.5 Å². The van der Waals surface area contributed by atoms with Crippen molar-refractivity contribution in [3.8, 4) is 5.69 Å². The second-order valence-corrected chi connectivity index (χ2v) is 9.01. The van der Waals surface area contributed by atoms with E-state index in [1.807, 2.05) is 6.92 Å². The molecule has 5 nitrogen and oxygen atoms in total. The summed E-state index contributed by atoms with van der Waals surface area (Å²) in [5.41, 5.74) is 6.96. The van der Waals surface area contributed by atoms with Gasteiger partial charge in [-0.05, 0) is 69.9 Å². The van der Waals surface area contributed by atoms with Gasteiger partial charge >= 0.3 is 0 Å². The summed E-state index contributed by atoms with van der Waals surface area (Å²) in [6, 6.07) is 4.36. The molecule has 1 aromatic carbocycles. The SMILES string of the molecule is [C-]#[N+]C1CCCN(c2nc(C)nc3c2c(C)c(C)n3-c2c(C)cc(Br)cc2C)C1. The third kappa shape index (κ3) is 3.32. The van der Waals surface area contributed by atoms with Crippen molar-refractivity contribution in [1.29, 1.82) is 0 Å². The second-order valence-electron chi connectivity index (χ2n) is 8.10. The Balaban J connectivity index is 2.00. The Hall–Kier alpha value is -2.39. The Morgan fingerprint density at radius 2 is 1.79 bits per heavy atom. The fourth-order valence-corrected chi connectivity index (χ4v) is 5.25. The predicted molar refractivity (Wildman–Crippen MR) is 122 cm³/mol. The fourth-order valence-electron chi connectivity index (χ4n) is 4.56. The van der Waals surface area contributed by atoms with Crippen LogP contribution in [0.4, 0.5) is 5.82 Å². The van der Waals surface area contributed by atoms with Crippen molar-refractivity contribution in [3.05, 3.63) is 56.2 Å². The van der Waals surface area contributed by atoms with Gasteiger partial charge in [-0.1, -0.05) is 15.9 Å². The lowest BCUT2D eigenvalue weighted by atomic mass is 10.1. The molecule has 1 unspecified atom stereocenters. The third-order valence-electron chi connectivity index (χ3n) is 6.01. The first-order chi connectivity index (χ1) is 13.8. The third-order valence-corrected chi connectivity index (χ3v) is 6.46. The molecule has 0 spiro atoms. The summed E-state index contributed by atoms with van der Waals surface area (Å²) < 4.78 is 3.38. The highest BCUT2D eigenvalue weighted by Crippen LogP contribution is 2.37. The number of hydrogen-bond acceptors (Lipinski definition) is 3. The molecule has 2 aromatic heterocycles. The van der Waals surface area contributed by atoms with Gasteiger partial charge in [0.1, 0.15) is 11.6 Å². The van der Waals surface area contributed by atoms with E-state index in [-0.39, 0.29) is 6.04 Å². The monoisotopic (exact) mass is 451 g/mol. The topological polar surface area (TPSA) is 38.3 Å². The molecular weight excluding hydrogens is 426 g/mol. The van der Waals surface area contributed by atoms with Crippen molar-refractivity contribution in [2.75, 3.05) is 18.0 Å². The highest BCUT2D eigenvalue weighted by molar-refractivity contribution is 9.10. The first kappa shape index (κ1) is 19.9. The van der Waals surface area contributed by atoms with Crippen LogP contribution in [0, 0.1) is 41.2 Å². The molecule has 3 heterocycles. The minimum atomic E-state index is 0.0496. The second kappa shape index (κ2) is 7.46. The standard InChI is InChI=1S/C23H26BrN5/c1-13-10-18(24)11-14(2)21(13)29-16(4)15(3)20-22(26-17(5)27-23(20)29)28-9-7-8-19(12-28)25-6/h10-11,19H,7-9,12H2,1-5H3. The van der Waals surface area contributed by atoms with Crippen molar-refractivity contribution in [2.24, 2.45) is 0 Å². The Labute approximate surface area is 180 Å². The lowest BCUT2D eigenvalue weighted by Crippen LogP contribution is -2.37. The summed E-state index contributed by atoms with van der Waals surface area (Å²) >= 11 is 3.62. The molecule has 4 rings (SSSR count). The molecule has 1 aliphatic heterocycles. The van der Waals surface area contributed by atoms with Gasteiger partial charge in [-0.15, -0.1) is 0 Å². The smallest absolute Gasteiger partial charge is 0.241 e. The minimum absolute atomic E-state index is 0.0496. The Bertz CT molecular complexity index is 1130. The first-order valence-corrected chi connectivity index (χ1v) is 10.9. The molecule has 1 atom stereocenters. The summed E-state index contributed by atoms with van der Waals surface area (Å²) in [4.78, 5) is 15.8. The van der Waals surface area contributed by atoms with Crippen LogP contribution in [-0.4, -0.2) is 33.7 Å². The van der Waals surface area contributed by atoms with E-state index < -0.39 is 0 Å². The summed E-state index contributed by atoms with van der Waals surface area (Å²) in [6.45, 7) is 19.7. The minimum Gasteiger partial charge on any atom is -0.348 e. The van der Waals surface area contributed by atoms with Crippen molar-refractivity contribution in [1.82, 2.24) is 14.5 Å². The number of piperidine rings is 1. The van der Waals surface area contributed by atoms with E-state index in [2.05, 4.69) is 70.1 Å². The van der Waals surface area contributed by atoms with Gasteiger partial charge in [-0.3, -0.25) is 4.57 Å². The molecular formula is C23H26BrN5. The average molecular weight is 452 g/mol. The molecule has 1 fully saturated rings. The number of halogens is 1. The molecule has 1 saturated heterocycles. The van der Waals surface area contributed by atoms with Crippen LogP contribution >= 0.6 is 15.9 Å². The van der Waals surface area contributed by atoms with Crippen LogP contribution in [0.25, 0.3) is 21.6 Å². The van der Waals surface area contributed by atoms with E-state index in [0.717, 1.165) is 53.1 Å².